The minimum absolute atomic E-state index is 0.0932. The van der Waals surface area contributed by atoms with E-state index < -0.39 is 10.0 Å². The van der Waals surface area contributed by atoms with Gasteiger partial charge in [-0.1, -0.05) is 12.1 Å². The van der Waals surface area contributed by atoms with Gasteiger partial charge in [0.05, 0.1) is 11.5 Å². The number of ether oxygens (including phenoxy) is 1. The van der Waals surface area contributed by atoms with Crippen LogP contribution in [-0.2, 0) is 21.4 Å². The van der Waals surface area contributed by atoms with E-state index in [-0.39, 0.29) is 11.5 Å². The monoisotopic (exact) mass is 273 g/mol. The highest BCUT2D eigenvalue weighted by atomic mass is 32.2. The van der Waals surface area contributed by atoms with Gasteiger partial charge in [0.25, 0.3) is 0 Å². The van der Waals surface area contributed by atoms with E-state index >= 15 is 0 Å². The fourth-order valence-corrected chi connectivity index (χ4v) is 2.71. The predicted octanol–water partition coefficient (Wildman–Crippen LogP) is 0.836. The number of benzene rings is 1. The normalized spacial score (nSPS) is 12.0. The summed E-state index contributed by atoms with van der Waals surface area (Å²) in [4.78, 5) is 0.236. The molecule has 0 saturated carbocycles. The van der Waals surface area contributed by atoms with Gasteiger partial charge in [-0.3, -0.25) is 0 Å². The topological polar surface area (TPSA) is 66.8 Å². The van der Waals surface area contributed by atoms with Gasteiger partial charge in [0.2, 0.25) is 10.0 Å². The summed E-state index contributed by atoms with van der Waals surface area (Å²) in [5.74, 6) is 0. The Bertz CT molecular complexity index is 455. The Kier molecular flexibility index (Phi) is 5.74. The molecule has 0 heterocycles. The van der Waals surface area contributed by atoms with E-state index in [9.17, 15) is 8.42 Å². The van der Waals surface area contributed by atoms with Crippen molar-refractivity contribution in [3.63, 3.8) is 0 Å². The molecule has 1 aromatic rings. The third kappa shape index (κ3) is 3.78. The highest BCUT2D eigenvalue weighted by molar-refractivity contribution is 7.89. The molecule has 0 amide bonds. The molecule has 0 fully saturated rings. The van der Waals surface area contributed by atoms with Crippen LogP contribution in [0.2, 0.25) is 0 Å². The zero-order chi connectivity index (χ0) is 13.6. The molecule has 6 heteroatoms. The van der Waals surface area contributed by atoms with Gasteiger partial charge in [0, 0.05) is 27.3 Å². The first kappa shape index (κ1) is 15.1. The highest BCUT2D eigenvalue weighted by Gasteiger charge is 2.19. The van der Waals surface area contributed by atoms with Crippen molar-refractivity contribution in [3.8, 4) is 0 Å². The molecule has 0 aliphatic carbocycles. The quantitative estimate of drug-likeness (QED) is 0.747. The molecule has 5 nitrogen and oxygen atoms in total. The van der Waals surface area contributed by atoms with Crippen LogP contribution in [0.15, 0.2) is 29.2 Å². The average molecular weight is 273 g/mol. The fourth-order valence-electron chi connectivity index (χ4n) is 1.50. The van der Waals surface area contributed by atoms with Gasteiger partial charge in [-0.25, -0.2) is 12.7 Å². The van der Waals surface area contributed by atoms with Crippen molar-refractivity contribution in [2.24, 2.45) is 0 Å². The molecule has 0 aliphatic heterocycles. The summed E-state index contributed by atoms with van der Waals surface area (Å²) in [6, 6.07) is 6.23. The van der Waals surface area contributed by atoms with Crippen LogP contribution in [-0.4, -0.2) is 45.1 Å². The van der Waals surface area contributed by atoms with E-state index in [1.165, 1.54) is 16.4 Å². The van der Waals surface area contributed by atoms with Crippen LogP contribution in [0.3, 0.4) is 0 Å². The third-order valence-corrected chi connectivity index (χ3v) is 4.51. The second-order valence-corrected chi connectivity index (χ2v) is 6.02. The van der Waals surface area contributed by atoms with E-state index in [1.54, 1.807) is 26.3 Å². The smallest absolute Gasteiger partial charge is 0.242 e. The van der Waals surface area contributed by atoms with Gasteiger partial charge in [-0.15, -0.1) is 0 Å². The van der Waals surface area contributed by atoms with Crippen molar-refractivity contribution in [2.75, 3.05) is 27.3 Å². The van der Waals surface area contributed by atoms with Crippen LogP contribution in [0.1, 0.15) is 12.0 Å². The molecule has 1 rings (SSSR count). The van der Waals surface area contributed by atoms with Gasteiger partial charge in [-0.2, -0.15) is 0 Å². The molecule has 0 atom stereocenters. The summed E-state index contributed by atoms with van der Waals surface area (Å²) < 4.78 is 30.5. The number of sulfonamides is 1. The van der Waals surface area contributed by atoms with Gasteiger partial charge in [-0.05, 0) is 24.1 Å². The van der Waals surface area contributed by atoms with Crippen LogP contribution < -0.4 is 0 Å². The number of hydrogen-bond donors (Lipinski definition) is 1. The fraction of sp³-hybridized carbons (Fsp3) is 0.500. The summed E-state index contributed by atoms with van der Waals surface area (Å²) in [6.07, 6.45) is 0.654. The molecule has 1 aromatic carbocycles. The lowest BCUT2D eigenvalue weighted by Gasteiger charge is -2.17. The molecule has 0 bridgehead atoms. The molecule has 102 valence electrons. The minimum atomic E-state index is -3.45. The predicted molar refractivity (Wildman–Crippen MR) is 68.7 cm³/mol. The van der Waals surface area contributed by atoms with Crippen LogP contribution in [0.4, 0.5) is 0 Å². The summed E-state index contributed by atoms with van der Waals surface area (Å²) in [5, 5.41) is 8.91. The average Bonchev–Trinajstić information content (AvgIpc) is 2.39. The second-order valence-electron chi connectivity index (χ2n) is 3.97. The van der Waals surface area contributed by atoms with E-state index in [1.807, 2.05) is 0 Å². The van der Waals surface area contributed by atoms with E-state index in [0.29, 0.717) is 25.1 Å². The van der Waals surface area contributed by atoms with Gasteiger partial charge < -0.3 is 9.84 Å². The molecule has 18 heavy (non-hydrogen) atoms. The number of rotatable bonds is 7. The van der Waals surface area contributed by atoms with Crippen molar-refractivity contribution < 1.29 is 18.3 Å². The zero-order valence-corrected chi connectivity index (χ0v) is 11.5. The van der Waals surface area contributed by atoms with Crippen molar-refractivity contribution in [3.05, 3.63) is 29.8 Å². The maximum Gasteiger partial charge on any atom is 0.242 e. The molecule has 1 N–H and O–H groups in total. The number of aliphatic hydroxyl groups excluding tert-OH is 1. The lowest BCUT2D eigenvalue weighted by atomic mass is 10.2. The summed E-state index contributed by atoms with van der Waals surface area (Å²) >= 11 is 0. The van der Waals surface area contributed by atoms with Crippen LogP contribution in [0.5, 0.6) is 0 Å². The maximum atomic E-state index is 12.1. The van der Waals surface area contributed by atoms with Crippen LogP contribution >= 0.6 is 0 Å². The Morgan fingerprint density at radius 1 is 1.28 bits per heavy atom. The Labute approximate surface area is 108 Å². The Balaban J connectivity index is 2.77. The Morgan fingerprint density at radius 3 is 2.39 bits per heavy atom. The number of aliphatic hydroxyl groups is 1. The molecule has 0 spiro atoms. The lowest BCUT2D eigenvalue weighted by Crippen LogP contribution is -2.28. The van der Waals surface area contributed by atoms with E-state index in [0.717, 1.165) is 0 Å². The largest absolute Gasteiger partial charge is 0.392 e. The van der Waals surface area contributed by atoms with Gasteiger partial charge in [0.15, 0.2) is 0 Å². The second kappa shape index (κ2) is 6.84. The van der Waals surface area contributed by atoms with E-state index in [4.69, 9.17) is 9.84 Å². The van der Waals surface area contributed by atoms with Crippen LogP contribution in [0.25, 0.3) is 0 Å². The highest BCUT2D eigenvalue weighted by Crippen LogP contribution is 2.15. The van der Waals surface area contributed by atoms with Crippen molar-refractivity contribution in [1.29, 1.82) is 0 Å². The third-order valence-electron chi connectivity index (χ3n) is 2.64. The molecule has 0 aliphatic rings. The standard InChI is InChI=1S/C12H19NO4S/c1-13(8-3-9-17-2)18(15,16)12-6-4-11(10-14)5-7-12/h4-7,14H,3,8-10H2,1-2H3. The lowest BCUT2D eigenvalue weighted by molar-refractivity contribution is 0.189. The van der Waals surface area contributed by atoms with E-state index in [2.05, 4.69) is 0 Å². The van der Waals surface area contributed by atoms with Crippen molar-refractivity contribution in [1.82, 2.24) is 4.31 Å². The SMILES string of the molecule is COCCCN(C)S(=O)(=O)c1ccc(CO)cc1. The maximum absolute atomic E-state index is 12.1. The zero-order valence-electron chi connectivity index (χ0n) is 10.7. The Morgan fingerprint density at radius 2 is 1.89 bits per heavy atom. The first-order valence-electron chi connectivity index (χ1n) is 5.67. The minimum Gasteiger partial charge on any atom is -0.392 e. The molecular formula is C12H19NO4S. The first-order valence-corrected chi connectivity index (χ1v) is 7.11. The number of hydrogen-bond acceptors (Lipinski definition) is 4. The molecule has 0 unspecified atom stereocenters. The molecule has 0 radical (unpaired) electrons. The molecule has 0 saturated heterocycles. The van der Waals surface area contributed by atoms with Crippen LogP contribution in [0, 0.1) is 0 Å². The Hall–Kier alpha value is -0.950. The molecular weight excluding hydrogens is 254 g/mol. The van der Waals surface area contributed by atoms with Gasteiger partial charge in [0.1, 0.15) is 0 Å². The number of methoxy groups -OCH3 is 1. The van der Waals surface area contributed by atoms with Crippen molar-refractivity contribution in [2.45, 2.75) is 17.9 Å². The first-order chi connectivity index (χ1) is 8.52. The number of nitrogens with zero attached hydrogens (tertiary/aromatic N) is 1. The summed E-state index contributed by atoms with van der Waals surface area (Å²) in [5.41, 5.74) is 0.691. The van der Waals surface area contributed by atoms with Gasteiger partial charge >= 0.3 is 0 Å². The van der Waals surface area contributed by atoms with Crippen molar-refractivity contribution >= 4 is 10.0 Å². The molecule has 0 aromatic heterocycles. The summed E-state index contributed by atoms with van der Waals surface area (Å²) in [6.45, 7) is 0.852. The summed E-state index contributed by atoms with van der Waals surface area (Å²) in [7, 11) is -0.316.